The van der Waals surface area contributed by atoms with E-state index < -0.39 is 0 Å². The number of halogens is 1. The second-order valence-corrected chi connectivity index (χ2v) is 7.73. The number of nitrogens with one attached hydrogen (secondary N) is 2. The Labute approximate surface area is 166 Å². The van der Waals surface area contributed by atoms with Crippen molar-refractivity contribution in [2.45, 2.75) is 58.5 Å². The number of aromatic amines is 1. The number of piperidine rings is 1. The van der Waals surface area contributed by atoms with E-state index in [1.54, 1.807) is 0 Å². The molecule has 1 amide bonds. The van der Waals surface area contributed by atoms with Crippen LogP contribution in [-0.4, -0.2) is 39.9 Å². The Hall–Kier alpha value is -1.85. The molecule has 0 atom stereocenters. The summed E-state index contributed by atoms with van der Waals surface area (Å²) in [7, 11) is 0. The number of nitrogens with zero attached hydrogens (tertiary/aromatic N) is 2. The molecule has 2 aromatic rings. The minimum absolute atomic E-state index is 0.130. The summed E-state index contributed by atoms with van der Waals surface area (Å²) in [6, 6.07) is 8.21. The van der Waals surface area contributed by atoms with E-state index in [0.717, 1.165) is 62.3 Å². The zero-order valence-electron chi connectivity index (χ0n) is 16.2. The van der Waals surface area contributed by atoms with Gasteiger partial charge in [0, 0.05) is 37.7 Å². The first-order valence-electron chi connectivity index (χ1n) is 9.89. The Morgan fingerprint density at radius 1 is 1.30 bits per heavy atom. The van der Waals surface area contributed by atoms with E-state index >= 15 is 0 Å². The molecule has 1 fully saturated rings. The fourth-order valence-electron chi connectivity index (χ4n) is 3.43. The highest BCUT2D eigenvalue weighted by atomic mass is 35.5. The zero-order valence-corrected chi connectivity index (χ0v) is 17.0. The van der Waals surface area contributed by atoms with Crippen LogP contribution >= 0.6 is 11.6 Å². The van der Waals surface area contributed by atoms with Gasteiger partial charge in [0.15, 0.2) is 5.15 Å². The Morgan fingerprint density at radius 3 is 2.67 bits per heavy atom. The minimum Gasteiger partial charge on any atom is -0.344 e. The number of rotatable bonds is 7. The summed E-state index contributed by atoms with van der Waals surface area (Å²) in [6.45, 7) is 6.45. The van der Waals surface area contributed by atoms with E-state index in [1.807, 2.05) is 36.1 Å². The Bertz CT molecular complexity index is 748. The molecule has 1 aliphatic heterocycles. The quantitative estimate of drug-likeness (QED) is 0.750. The third-order valence-corrected chi connectivity index (χ3v) is 5.51. The lowest BCUT2D eigenvalue weighted by Gasteiger charge is -2.32. The van der Waals surface area contributed by atoms with Gasteiger partial charge in [0.1, 0.15) is 5.82 Å². The third-order valence-electron chi connectivity index (χ3n) is 5.19. The number of imidazole rings is 1. The number of amides is 1. The Kier molecular flexibility index (Phi) is 6.91. The van der Waals surface area contributed by atoms with Gasteiger partial charge in [-0.05, 0) is 38.3 Å². The smallest absolute Gasteiger partial charge is 0.253 e. The van der Waals surface area contributed by atoms with Gasteiger partial charge in [-0.25, -0.2) is 4.98 Å². The molecule has 2 heterocycles. The van der Waals surface area contributed by atoms with Crippen LogP contribution in [0.15, 0.2) is 24.3 Å². The molecule has 6 heteroatoms. The van der Waals surface area contributed by atoms with Crippen molar-refractivity contribution in [3.63, 3.8) is 0 Å². The maximum Gasteiger partial charge on any atom is 0.253 e. The van der Waals surface area contributed by atoms with Crippen LogP contribution in [0, 0.1) is 6.92 Å². The van der Waals surface area contributed by atoms with Crippen LogP contribution in [0.3, 0.4) is 0 Å². The van der Waals surface area contributed by atoms with Crippen molar-refractivity contribution in [2.24, 2.45) is 0 Å². The van der Waals surface area contributed by atoms with Crippen molar-refractivity contribution in [3.8, 4) is 0 Å². The van der Waals surface area contributed by atoms with E-state index in [2.05, 4.69) is 22.2 Å². The number of aromatic nitrogens is 2. The number of likely N-dealkylation sites (tertiary alicyclic amines) is 1. The van der Waals surface area contributed by atoms with Crippen molar-refractivity contribution in [1.82, 2.24) is 20.2 Å². The Balaban J connectivity index is 1.46. The first-order chi connectivity index (χ1) is 13.1. The second-order valence-electron chi connectivity index (χ2n) is 7.37. The predicted octanol–water partition coefficient (Wildman–Crippen LogP) is 4.11. The standard InChI is InChI=1S/C21H29ClN4O/c1-3-4-5-19-24-18(20(22)25-19)14-23-17-10-12-26(13-11-17)21(27)16-8-6-15(2)7-9-16/h6-9,17,23H,3-5,10-14H2,1-2H3,(H,24,25). The van der Waals surface area contributed by atoms with Crippen LogP contribution in [-0.2, 0) is 13.0 Å². The van der Waals surface area contributed by atoms with Gasteiger partial charge in [0.25, 0.3) is 5.91 Å². The normalized spacial score (nSPS) is 15.3. The number of hydrogen-bond acceptors (Lipinski definition) is 3. The highest BCUT2D eigenvalue weighted by Crippen LogP contribution is 2.17. The molecule has 1 aromatic carbocycles. The molecule has 0 radical (unpaired) electrons. The number of benzene rings is 1. The molecule has 3 rings (SSSR count). The summed E-state index contributed by atoms with van der Waals surface area (Å²) in [6.07, 6.45) is 5.10. The number of unbranched alkanes of at least 4 members (excludes halogenated alkanes) is 1. The monoisotopic (exact) mass is 388 g/mol. The molecule has 0 saturated carbocycles. The molecule has 0 spiro atoms. The molecule has 2 N–H and O–H groups in total. The topological polar surface area (TPSA) is 61.0 Å². The fourth-order valence-corrected chi connectivity index (χ4v) is 3.65. The zero-order chi connectivity index (χ0) is 19.2. The van der Waals surface area contributed by atoms with E-state index in [-0.39, 0.29) is 5.91 Å². The number of hydrogen-bond donors (Lipinski definition) is 2. The van der Waals surface area contributed by atoms with E-state index in [1.165, 1.54) is 5.56 Å². The van der Waals surface area contributed by atoms with E-state index in [0.29, 0.717) is 17.7 Å². The molecule has 27 heavy (non-hydrogen) atoms. The lowest BCUT2D eigenvalue weighted by atomic mass is 10.0. The molecular weight excluding hydrogens is 360 g/mol. The average Bonchev–Trinajstić information content (AvgIpc) is 3.05. The van der Waals surface area contributed by atoms with Gasteiger partial charge >= 0.3 is 0 Å². The van der Waals surface area contributed by atoms with Crippen LogP contribution in [0.2, 0.25) is 5.15 Å². The molecule has 5 nitrogen and oxygen atoms in total. The molecule has 0 bridgehead atoms. The largest absolute Gasteiger partial charge is 0.344 e. The van der Waals surface area contributed by atoms with Gasteiger partial charge in [0.05, 0.1) is 5.69 Å². The van der Waals surface area contributed by atoms with Crippen LogP contribution in [0.4, 0.5) is 0 Å². The van der Waals surface area contributed by atoms with Crippen molar-refractivity contribution in [2.75, 3.05) is 13.1 Å². The van der Waals surface area contributed by atoms with E-state index in [4.69, 9.17) is 11.6 Å². The summed E-state index contributed by atoms with van der Waals surface area (Å²) >= 11 is 6.25. The first-order valence-corrected chi connectivity index (χ1v) is 10.3. The van der Waals surface area contributed by atoms with Crippen molar-refractivity contribution in [3.05, 3.63) is 52.1 Å². The maximum atomic E-state index is 12.6. The van der Waals surface area contributed by atoms with Crippen molar-refractivity contribution < 1.29 is 4.79 Å². The SMILES string of the molecule is CCCCc1nc(Cl)c(CNC2CCN(C(=O)c3ccc(C)cc3)CC2)[nH]1. The number of aryl methyl sites for hydroxylation is 2. The van der Waals surface area contributed by atoms with Crippen molar-refractivity contribution >= 4 is 17.5 Å². The molecule has 0 unspecified atom stereocenters. The molecule has 0 aliphatic carbocycles. The van der Waals surface area contributed by atoms with Crippen LogP contribution in [0.1, 0.15) is 60.0 Å². The minimum atomic E-state index is 0.130. The summed E-state index contributed by atoms with van der Waals surface area (Å²) in [5, 5.41) is 4.13. The highest BCUT2D eigenvalue weighted by molar-refractivity contribution is 6.30. The van der Waals surface area contributed by atoms with Crippen LogP contribution in [0.25, 0.3) is 0 Å². The summed E-state index contributed by atoms with van der Waals surface area (Å²) < 4.78 is 0. The lowest BCUT2D eigenvalue weighted by molar-refractivity contribution is 0.0704. The molecule has 1 aromatic heterocycles. The molecule has 1 saturated heterocycles. The summed E-state index contributed by atoms with van der Waals surface area (Å²) in [5.41, 5.74) is 2.90. The van der Waals surface area contributed by atoms with Gasteiger partial charge in [-0.2, -0.15) is 0 Å². The second kappa shape index (κ2) is 9.38. The van der Waals surface area contributed by atoms with Gasteiger partial charge in [-0.1, -0.05) is 42.6 Å². The number of carbonyl (C=O) groups excluding carboxylic acids is 1. The van der Waals surface area contributed by atoms with Gasteiger partial charge < -0.3 is 15.2 Å². The summed E-state index contributed by atoms with van der Waals surface area (Å²) in [4.78, 5) is 22.3. The first kappa shape index (κ1) is 19.9. The molecule has 146 valence electrons. The fraction of sp³-hybridized carbons (Fsp3) is 0.524. The van der Waals surface area contributed by atoms with Crippen LogP contribution < -0.4 is 5.32 Å². The molecule has 1 aliphatic rings. The maximum absolute atomic E-state index is 12.6. The highest BCUT2D eigenvalue weighted by Gasteiger charge is 2.23. The van der Waals surface area contributed by atoms with Gasteiger partial charge in [0.2, 0.25) is 0 Å². The van der Waals surface area contributed by atoms with Crippen molar-refractivity contribution in [1.29, 1.82) is 0 Å². The van der Waals surface area contributed by atoms with Gasteiger partial charge in [-0.3, -0.25) is 4.79 Å². The predicted molar refractivity (Wildman–Crippen MR) is 109 cm³/mol. The number of carbonyl (C=O) groups is 1. The third kappa shape index (κ3) is 5.33. The average molecular weight is 389 g/mol. The van der Waals surface area contributed by atoms with Crippen LogP contribution in [0.5, 0.6) is 0 Å². The molecular formula is C21H29ClN4O. The lowest BCUT2D eigenvalue weighted by Crippen LogP contribution is -2.44. The van der Waals surface area contributed by atoms with E-state index in [9.17, 15) is 4.79 Å². The van der Waals surface area contributed by atoms with Gasteiger partial charge in [-0.15, -0.1) is 0 Å². The summed E-state index contributed by atoms with van der Waals surface area (Å²) in [5.74, 6) is 1.10. The Morgan fingerprint density at radius 2 is 2.00 bits per heavy atom. The number of H-pyrrole nitrogens is 1.